The smallest absolute Gasteiger partial charge is 0.258 e. The molecule has 0 fully saturated rings. The van der Waals surface area contributed by atoms with Crippen LogP contribution in [0.25, 0.3) is 0 Å². The molecule has 1 atom stereocenters. The molecule has 3 rings (SSSR count). The Kier molecular flexibility index (Phi) is 5.18. The molecule has 2 aromatic heterocycles. The molecule has 7 heteroatoms. The van der Waals surface area contributed by atoms with E-state index in [9.17, 15) is 4.79 Å². The number of hydrogen-bond acceptors (Lipinski definition) is 5. The van der Waals surface area contributed by atoms with Gasteiger partial charge in [-0.2, -0.15) is 4.98 Å². The van der Waals surface area contributed by atoms with Gasteiger partial charge in [-0.3, -0.25) is 19.7 Å². The minimum absolute atomic E-state index is 0.173. The molecular weight excluding hydrogens is 330 g/mol. The largest absolute Gasteiger partial charge is 0.468 e. The van der Waals surface area contributed by atoms with Gasteiger partial charge in [0.05, 0.1) is 12.3 Å². The van der Waals surface area contributed by atoms with E-state index in [1.165, 1.54) is 0 Å². The van der Waals surface area contributed by atoms with Gasteiger partial charge < -0.3 is 4.42 Å². The molecule has 1 aromatic carbocycles. The number of aryl methyl sites for hydroxylation is 2. The fourth-order valence-electron chi connectivity index (χ4n) is 2.62. The molecule has 136 valence electrons. The summed E-state index contributed by atoms with van der Waals surface area (Å²) in [5, 5.41) is 6.85. The Balaban J connectivity index is 1.61. The Morgan fingerprint density at radius 1 is 1.31 bits per heavy atom. The number of aromatic nitrogens is 3. The summed E-state index contributed by atoms with van der Waals surface area (Å²) in [7, 11) is 3.83. The summed E-state index contributed by atoms with van der Waals surface area (Å²) in [6.07, 6.45) is 1.69. The van der Waals surface area contributed by atoms with Crippen LogP contribution in [0.3, 0.4) is 0 Å². The maximum atomic E-state index is 12.3. The summed E-state index contributed by atoms with van der Waals surface area (Å²) in [5.41, 5.74) is 1.69. The van der Waals surface area contributed by atoms with E-state index in [-0.39, 0.29) is 11.9 Å². The summed E-state index contributed by atoms with van der Waals surface area (Å²) in [6, 6.07) is 11.6. The number of rotatable bonds is 6. The number of carbonyl (C=O) groups excluding carboxylic acids is 1. The van der Waals surface area contributed by atoms with Gasteiger partial charge in [-0.15, -0.1) is 5.10 Å². The molecule has 7 nitrogen and oxygen atoms in total. The number of anilines is 1. The van der Waals surface area contributed by atoms with Crippen LogP contribution in [0, 0.1) is 6.92 Å². The summed E-state index contributed by atoms with van der Waals surface area (Å²) >= 11 is 0. The summed E-state index contributed by atoms with van der Waals surface area (Å²) < 4.78 is 7.08. The molecular formula is C19H23N5O2. The number of furan rings is 1. The lowest BCUT2D eigenvalue weighted by molar-refractivity contribution is 0.102. The third-order valence-electron chi connectivity index (χ3n) is 4.47. The SMILES string of the molecule is Cc1nc(NC(=O)c2ccc(CN(C)[C@H](C)c3ccco3)cc2)nn1C. The molecule has 0 aliphatic carbocycles. The van der Waals surface area contributed by atoms with Crippen LogP contribution in [0.2, 0.25) is 0 Å². The van der Waals surface area contributed by atoms with Crippen LogP contribution in [0.5, 0.6) is 0 Å². The second-order valence-corrected chi connectivity index (χ2v) is 6.36. The zero-order valence-corrected chi connectivity index (χ0v) is 15.4. The van der Waals surface area contributed by atoms with Gasteiger partial charge in [-0.05, 0) is 50.7 Å². The Morgan fingerprint density at radius 2 is 2.04 bits per heavy atom. The van der Waals surface area contributed by atoms with Crippen molar-refractivity contribution in [2.24, 2.45) is 7.05 Å². The second-order valence-electron chi connectivity index (χ2n) is 6.36. The van der Waals surface area contributed by atoms with Crippen molar-refractivity contribution in [3.63, 3.8) is 0 Å². The highest BCUT2D eigenvalue weighted by molar-refractivity contribution is 6.03. The van der Waals surface area contributed by atoms with E-state index in [2.05, 4.69) is 27.2 Å². The van der Waals surface area contributed by atoms with Crippen LogP contribution >= 0.6 is 0 Å². The fourth-order valence-corrected chi connectivity index (χ4v) is 2.62. The predicted molar refractivity (Wildman–Crippen MR) is 98.7 cm³/mol. The van der Waals surface area contributed by atoms with Crippen LogP contribution in [0.15, 0.2) is 47.1 Å². The number of amides is 1. The zero-order chi connectivity index (χ0) is 18.7. The van der Waals surface area contributed by atoms with Crippen molar-refractivity contribution in [2.75, 3.05) is 12.4 Å². The quantitative estimate of drug-likeness (QED) is 0.737. The maximum Gasteiger partial charge on any atom is 0.258 e. The van der Waals surface area contributed by atoms with E-state index in [1.807, 2.05) is 50.4 Å². The van der Waals surface area contributed by atoms with E-state index < -0.39 is 0 Å². The lowest BCUT2D eigenvalue weighted by Crippen LogP contribution is -2.21. The third kappa shape index (κ3) is 4.00. The highest BCUT2D eigenvalue weighted by Gasteiger charge is 2.15. The number of nitrogens with one attached hydrogen (secondary N) is 1. The van der Waals surface area contributed by atoms with Crippen molar-refractivity contribution in [2.45, 2.75) is 26.4 Å². The van der Waals surface area contributed by atoms with Crippen molar-refractivity contribution >= 4 is 11.9 Å². The third-order valence-corrected chi connectivity index (χ3v) is 4.47. The predicted octanol–water partition coefficient (Wildman–Crippen LogP) is 3.16. The Labute approximate surface area is 152 Å². The molecule has 0 aliphatic rings. The first kappa shape index (κ1) is 17.9. The number of hydrogen-bond donors (Lipinski definition) is 1. The first-order valence-electron chi connectivity index (χ1n) is 8.45. The topological polar surface area (TPSA) is 76.2 Å². The van der Waals surface area contributed by atoms with Crippen molar-refractivity contribution in [1.29, 1.82) is 0 Å². The molecule has 0 spiro atoms. The van der Waals surface area contributed by atoms with Crippen molar-refractivity contribution in [3.8, 4) is 0 Å². The Bertz CT molecular complexity index is 848. The van der Waals surface area contributed by atoms with Crippen LogP contribution in [0.4, 0.5) is 5.95 Å². The molecule has 0 saturated carbocycles. The van der Waals surface area contributed by atoms with Gasteiger partial charge in [0.2, 0.25) is 5.95 Å². The van der Waals surface area contributed by atoms with Gasteiger partial charge in [-0.1, -0.05) is 12.1 Å². The summed E-state index contributed by atoms with van der Waals surface area (Å²) in [6.45, 7) is 4.69. The molecule has 2 heterocycles. The van der Waals surface area contributed by atoms with Crippen LogP contribution < -0.4 is 5.32 Å². The minimum atomic E-state index is -0.223. The molecule has 26 heavy (non-hydrogen) atoms. The van der Waals surface area contributed by atoms with E-state index in [4.69, 9.17) is 4.42 Å². The zero-order valence-electron chi connectivity index (χ0n) is 15.4. The van der Waals surface area contributed by atoms with Gasteiger partial charge in [0, 0.05) is 19.2 Å². The second kappa shape index (κ2) is 7.53. The standard InChI is InChI=1S/C19H23N5O2/c1-13(17-6-5-11-26-17)23(3)12-15-7-9-16(10-8-15)18(25)21-19-20-14(2)24(4)22-19/h5-11,13H,12H2,1-4H3,(H,21,22,25)/t13-/m1/s1. The molecule has 0 unspecified atom stereocenters. The molecule has 3 aromatic rings. The Hall–Kier alpha value is -2.93. The van der Waals surface area contributed by atoms with Crippen LogP contribution in [-0.2, 0) is 13.6 Å². The van der Waals surface area contributed by atoms with Gasteiger partial charge in [-0.25, -0.2) is 0 Å². The maximum absolute atomic E-state index is 12.3. The van der Waals surface area contributed by atoms with E-state index in [1.54, 1.807) is 18.0 Å². The lowest BCUT2D eigenvalue weighted by atomic mass is 10.1. The molecule has 0 saturated heterocycles. The fraction of sp³-hybridized carbons (Fsp3) is 0.316. The molecule has 1 amide bonds. The highest BCUT2D eigenvalue weighted by Crippen LogP contribution is 2.21. The average Bonchev–Trinajstić information content (AvgIpc) is 3.25. The molecule has 0 bridgehead atoms. The van der Waals surface area contributed by atoms with E-state index >= 15 is 0 Å². The number of carbonyl (C=O) groups is 1. The Morgan fingerprint density at radius 3 is 2.62 bits per heavy atom. The van der Waals surface area contributed by atoms with Crippen LogP contribution in [-0.4, -0.2) is 32.6 Å². The number of nitrogens with zero attached hydrogens (tertiary/aromatic N) is 4. The first-order chi connectivity index (χ1) is 12.4. The van der Waals surface area contributed by atoms with Crippen molar-refractivity contribution < 1.29 is 9.21 Å². The summed E-state index contributed by atoms with van der Waals surface area (Å²) in [5.74, 6) is 1.76. The minimum Gasteiger partial charge on any atom is -0.468 e. The van der Waals surface area contributed by atoms with E-state index in [0.29, 0.717) is 11.5 Å². The normalized spacial score (nSPS) is 12.3. The van der Waals surface area contributed by atoms with Crippen molar-refractivity contribution in [1.82, 2.24) is 19.7 Å². The van der Waals surface area contributed by atoms with Gasteiger partial charge in [0.25, 0.3) is 5.91 Å². The summed E-state index contributed by atoms with van der Waals surface area (Å²) in [4.78, 5) is 18.7. The lowest BCUT2D eigenvalue weighted by Gasteiger charge is -2.23. The number of benzene rings is 1. The average molecular weight is 353 g/mol. The molecule has 0 aliphatic heterocycles. The van der Waals surface area contributed by atoms with Crippen LogP contribution in [0.1, 0.15) is 40.5 Å². The van der Waals surface area contributed by atoms with Gasteiger partial charge in [0.1, 0.15) is 11.6 Å². The molecule has 0 radical (unpaired) electrons. The molecule has 1 N–H and O–H groups in total. The van der Waals surface area contributed by atoms with Crippen molar-refractivity contribution in [3.05, 3.63) is 65.4 Å². The van der Waals surface area contributed by atoms with Gasteiger partial charge >= 0.3 is 0 Å². The van der Waals surface area contributed by atoms with E-state index in [0.717, 1.165) is 23.7 Å². The highest BCUT2D eigenvalue weighted by atomic mass is 16.3. The van der Waals surface area contributed by atoms with Gasteiger partial charge in [0.15, 0.2) is 0 Å². The first-order valence-corrected chi connectivity index (χ1v) is 8.45. The monoisotopic (exact) mass is 353 g/mol.